The zero-order valence-electron chi connectivity index (χ0n) is 63.7. The van der Waals surface area contributed by atoms with E-state index in [-0.39, 0.29) is 10.8 Å². The van der Waals surface area contributed by atoms with Crippen molar-refractivity contribution in [3.8, 4) is 69.0 Å². The van der Waals surface area contributed by atoms with Crippen molar-refractivity contribution in [3.05, 3.63) is 68.8 Å². The van der Waals surface area contributed by atoms with Gasteiger partial charge >= 0.3 is 0 Å². The van der Waals surface area contributed by atoms with Crippen molar-refractivity contribution >= 4 is 0 Å². The first-order chi connectivity index (χ1) is 43.9. The van der Waals surface area contributed by atoms with E-state index in [0.717, 1.165) is 201 Å². The molecule has 12 nitrogen and oxygen atoms in total. The first-order valence-corrected chi connectivity index (χ1v) is 36.2. The Morgan fingerprint density at radius 3 is 0.761 bits per heavy atom. The van der Waals surface area contributed by atoms with Gasteiger partial charge in [0.1, 0.15) is 69.0 Å². The van der Waals surface area contributed by atoms with Crippen molar-refractivity contribution in [3.63, 3.8) is 0 Å². The summed E-state index contributed by atoms with van der Waals surface area (Å²) in [5, 5.41) is 0. The Morgan fingerprint density at radius 1 is 0.261 bits per heavy atom. The van der Waals surface area contributed by atoms with Crippen LogP contribution in [0.25, 0.3) is 0 Å². The monoisotopic (exact) mass is 1290 g/mol. The number of hydrogen-bond donors (Lipinski definition) is 0. The van der Waals surface area contributed by atoms with Crippen LogP contribution < -0.4 is 56.8 Å². The van der Waals surface area contributed by atoms with E-state index in [0.29, 0.717) is 71.3 Å². The highest BCUT2D eigenvalue weighted by molar-refractivity contribution is 5.63. The Kier molecular flexibility index (Phi) is 42.8. The van der Waals surface area contributed by atoms with E-state index >= 15 is 0 Å². The van der Waals surface area contributed by atoms with Gasteiger partial charge in [-0.15, -0.1) is 0 Å². The summed E-state index contributed by atoms with van der Waals surface area (Å²) in [6, 6.07) is 8.22. The fourth-order valence-corrected chi connectivity index (χ4v) is 10.2. The molecule has 0 atom stereocenters. The summed E-state index contributed by atoms with van der Waals surface area (Å²) in [6.45, 7) is 64.5. The highest BCUT2D eigenvalue weighted by atomic mass is 16.5. The molecule has 0 aromatic heterocycles. The average molecular weight is 1290 g/mol. The number of ether oxygens (including phenoxy) is 12. The van der Waals surface area contributed by atoms with Gasteiger partial charge in [-0.3, -0.25) is 0 Å². The molecule has 0 saturated carbocycles. The zero-order valence-corrected chi connectivity index (χ0v) is 63.7. The molecule has 0 aliphatic heterocycles. The largest absolute Gasteiger partial charge is 0.493 e. The van der Waals surface area contributed by atoms with Crippen LogP contribution >= 0.6 is 0 Å². The molecule has 0 aliphatic rings. The van der Waals surface area contributed by atoms with Gasteiger partial charge in [-0.2, -0.15) is 0 Å². The standard InChI is InChI=1S/C23H40O3.C21H36O3.C19H32O3.C17H28O3/c1-10-13-24-17-16-18(25-14-11-2)20(23(7,8)9)21(26-15-12-3)19(17)22(4,5)6;1-8-11-22-17-14-18(23-12-9-2)20(16(6)7)21(24-13-10-3)19(17)15(4)5;1-6-11-20-17-14-18(21-12-7-2)16(10-5)19(15(17)9-4)22-13-8-3;1-6-9-18-15-12-16(19-10-7-2)14(5)17(13(15)4)20-11-8-3/h16H,10-15H2,1-9H3;14-16H,8-13H2,1-7H3;14H,6-13H2,1-5H3;12H,6-11H2,1-5H3. The van der Waals surface area contributed by atoms with Gasteiger partial charge in [-0.1, -0.05) is 166 Å². The highest BCUT2D eigenvalue weighted by Gasteiger charge is 2.34. The van der Waals surface area contributed by atoms with E-state index in [1.54, 1.807) is 0 Å². The van der Waals surface area contributed by atoms with Gasteiger partial charge < -0.3 is 56.8 Å². The molecule has 92 heavy (non-hydrogen) atoms. The summed E-state index contributed by atoms with van der Waals surface area (Å²) >= 11 is 0. The Labute approximate surface area is 563 Å². The second kappa shape index (κ2) is 46.5. The molecular formula is C80H136O12. The number of benzene rings is 4. The van der Waals surface area contributed by atoms with Crippen LogP contribution in [0.4, 0.5) is 0 Å². The Bertz CT molecular complexity index is 2470. The maximum absolute atomic E-state index is 6.35. The molecule has 0 radical (unpaired) electrons. The quantitative estimate of drug-likeness (QED) is 0.0423. The van der Waals surface area contributed by atoms with Crippen LogP contribution in [-0.4, -0.2) is 79.3 Å². The Morgan fingerprint density at radius 2 is 0.478 bits per heavy atom. The van der Waals surface area contributed by atoms with E-state index in [9.17, 15) is 0 Å². The maximum atomic E-state index is 6.35. The normalized spacial score (nSPS) is 11.2. The third-order valence-electron chi connectivity index (χ3n) is 14.4. The van der Waals surface area contributed by atoms with Gasteiger partial charge in [-0.05, 0) is 126 Å². The summed E-state index contributed by atoms with van der Waals surface area (Å²) in [7, 11) is 0. The van der Waals surface area contributed by atoms with Crippen molar-refractivity contribution in [2.75, 3.05) is 79.3 Å². The van der Waals surface area contributed by atoms with E-state index in [1.165, 1.54) is 22.3 Å². The van der Waals surface area contributed by atoms with Crippen LogP contribution in [0.1, 0.15) is 300 Å². The van der Waals surface area contributed by atoms with Crippen LogP contribution in [-0.2, 0) is 23.7 Å². The molecule has 0 heterocycles. The Hall–Kier alpha value is -5.52. The SMILES string of the molecule is CCCOc1cc(OCCC)c(C(C)(C)C)c(OCCC)c1C(C)(C)C.CCCOc1cc(OCCC)c(C(C)C)c(OCCC)c1C(C)C.CCCOc1cc(OCCC)c(C)c(OCCC)c1C.CCCOc1cc(OCCC)c(CC)c(OCCC)c1CC. The molecule has 0 amide bonds. The molecule has 528 valence electrons. The maximum Gasteiger partial charge on any atom is 0.134 e. The smallest absolute Gasteiger partial charge is 0.134 e. The fraction of sp³-hybridized carbons (Fsp3) is 0.700. The lowest BCUT2D eigenvalue weighted by atomic mass is 9.78. The molecule has 0 aliphatic carbocycles. The van der Waals surface area contributed by atoms with Crippen molar-refractivity contribution in [2.45, 2.75) is 293 Å². The second-order valence-electron chi connectivity index (χ2n) is 26.3. The molecule has 0 N–H and O–H groups in total. The molecule has 12 heteroatoms. The van der Waals surface area contributed by atoms with Crippen LogP contribution in [0.3, 0.4) is 0 Å². The van der Waals surface area contributed by atoms with Crippen molar-refractivity contribution in [2.24, 2.45) is 0 Å². The molecule has 0 bridgehead atoms. The van der Waals surface area contributed by atoms with Gasteiger partial charge in [-0.25, -0.2) is 0 Å². The highest BCUT2D eigenvalue weighted by Crippen LogP contribution is 2.51. The van der Waals surface area contributed by atoms with Gasteiger partial charge in [0.05, 0.1) is 79.3 Å². The van der Waals surface area contributed by atoms with Gasteiger partial charge in [0.2, 0.25) is 0 Å². The topological polar surface area (TPSA) is 111 Å². The van der Waals surface area contributed by atoms with Crippen LogP contribution in [0, 0.1) is 13.8 Å². The lowest BCUT2D eigenvalue weighted by Gasteiger charge is -2.33. The lowest BCUT2D eigenvalue weighted by Crippen LogP contribution is -2.22. The Balaban J connectivity index is 0.000000616. The molecule has 0 fully saturated rings. The van der Waals surface area contributed by atoms with Crippen LogP contribution in [0.5, 0.6) is 69.0 Å². The van der Waals surface area contributed by atoms with Crippen LogP contribution in [0.2, 0.25) is 0 Å². The minimum atomic E-state index is -0.0879. The summed E-state index contributed by atoms with van der Waals surface area (Å²) < 4.78 is 72.6. The number of hydrogen-bond acceptors (Lipinski definition) is 12. The first-order valence-electron chi connectivity index (χ1n) is 36.2. The van der Waals surface area contributed by atoms with Gasteiger partial charge in [0.15, 0.2) is 0 Å². The fourth-order valence-electron chi connectivity index (χ4n) is 10.2. The summed E-state index contributed by atoms with van der Waals surface area (Å²) in [5.41, 5.74) is 8.92. The van der Waals surface area contributed by atoms with E-state index in [1.807, 2.05) is 19.9 Å². The molecule has 0 spiro atoms. The van der Waals surface area contributed by atoms with Crippen molar-refractivity contribution in [1.82, 2.24) is 0 Å². The van der Waals surface area contributed by atoms with Crippen molar-refractivity contribution in [1.29, 1.82) is 0 Å². The number of rotatable bonds is 40. The average Bonchev–Trinajstić information content (AvgIpc) is 0.781. The first kappa shape index (κ1) is 84.5. The minimum absolute atomic E-state index is 0.0879. The van der Waals surface area contributed by atoms with Crippen LogP contribution in [0.15, 0.2) is 24.3 Å². The lowest BCUT2D eigenvalue weighted by molar-refractivity contribution is 0.265. The third-order valence-corrected chi connectivity index (χ3v) is 14.4. The van der Waals surface area contributed by atoms with Gasteiger partial charge in [0, 0.05) is 68.8 Å². The molecule has 4 aromatic rings. The van der Waals surface area contributed by atoms with E-state index < -0.39 is 0 Å². The second-order valence-corrected chi connectivity index (χ2v) is 26.3. The van der Waals surface area contributed by atoms with E-state index in [2.05, 4.69) is 184 Å². The molecule has 4 rings (SSSR count). The summed E-state index contributed by atoms with van der Waals surface area (Å²) in [6.07, 6.45) is 13.6. The predicted molar refractivity (Wildman–Crippen MR) is 389 cm³/mol. The minimum Gasteiger partial charge on any atom is -0.493 e. The predicted octanol–water partition coefficient (Wildman–Crippen LogP) is 22.8. The van der Waals surface area contributed by atoms with Gasteiger partial charge in [0.25, 0.3) is 0 Å². The van der Waals surface area contributed by atoms with Crippen molar-refractivity contribution < 1.29 is 56.8 Å². The molecule has 0 saturated heterocycles. The molecular weight excluding hydrogens is 1150 g/mol. The summed E-state index contributed by atoms with van der Waals surface area (Å²) in [5.74, 6) is 11.7. The summed E-state index contributed by atoms with van der Waals surface area (Å²) in [4.78, 5) is 0. The van der Waals surface area contributed by atoms with E-state index in [4.69, 9.17) is 56.8 Å². The molecule has 4 aromatic carbocycles. The molecule has 0 unspecified atom stereocenters. The zero-order chi connectivity index (χ0) is 69.4. The third kappa shape index (κ3) is 27.4.